The van der Waals surface area contributed by atoms with E-state index in [-0.39, 0.29) is 28.3 Å². The first kappa shape index (κ1) is 32.3. The monoisotopic (exact) mass is 674 g/mol. The van der Waals surface area contributed by atoms with Gasteiger partial charge in [0.25, 0.3) is 5.91 Å². The van der Waals surface area contributed by atoms with E-state index in [2.05, 4.69) is 53.6 Å². The van der Waals surface area contributed by atoms with Crippen LogP contribution in [0.25, 0.3) is 22.2 Å². The highest BCUT2D eigenvalue weighted by atomic mass is 32.2. The molecule has 4 fully saturated rings. The minimum atomic E-state index is -3.95. The van der Waals surface area contributed by atoms with Crippen LogP contribution in [0.4, 0.5) is 0 Å². The van der Waals surface area contributed by atoms with Gasteiger partial charge in [0.05, 0.1) is 18.9 Å². The molecule has 0 saturated heterocycles. The molecule has 0 radical (unpaired) electrons. The number of aromatic nitrogens is 1. The first-order valence-electron chi connectivity index (χ1n) is 17.8. The number of carbonyl (C=O) groups excluding carboxylic acids is 1. The smallest absolute Gasteiger partial charge is 0.303 e. The minimum absolute atomic E-state index is 0.00317. The number of benzene rings is 2. The van der Waals surface area contributed by atoms with Gasteiger partial charge >= 0.3 is 10.2 Å². The van der Waals surface area contributed by atoms with E-state index < -0.39 is 22.2 Å². The van der Waals surface area contributed by atoms with Crippen molar-refractivity contribution in [3.63, 3.8) is 0 Å². The number of hydrogen-bond donors (Lipinski definition) is 3. The number of carbonyl (C=O) groups is 1. The van der Waals surface area contributed by atoms with Crippen molar-refractivity contribution in [3.8, 4) is 17.0 Å². The van der Waals surface area contributed by atoms with Gasteiger partial charge in [0, 0.05) is 65.6 Å². The maximum Gasteiger partial charge on any atom is 0.303 e. The number of nitrogens with zero attached hydrogens (tertiary/aromatic N) is 2. The van der Waals surface area contributed by atoms with Crippen LogP contribution in [0.2, 0.25) is 0 Å². The molecule has 1 aromatic heterocycles. The summed E-state index contributed by atoms with van der Waals surface area (Å²) in [5, 5.41) is 17.2. The summed E-state index contributed by atoms with van der Waals surface area (Å²) in [5.74, 6) is 1.22. The summed E-state index contributed by atoms with van der Waals surface area (Å²) in [6.07, 6.45) is 8.55. The van der Waals surface area contributed by atoms with Crippen LogP contribution in [0.3, 0.4) is 0 Å². The zero-order valence-corrected chi connectivity index (χ0v) is 29.9. The third-order valence-corrected chi connectivity index (χ3v) is 15.1. The van der Waals surface area contributed by atoms with Gasteiger partial charge in [0.2, 0.25) is 0 Å². The topological polar surface area (TPSA) is 113 Å². The molecule has 2 heterocycles. The number of rotatable bonds is 7. The summed E-state index contributed by atoms with van der Waals surface area (Å²) < 4.78 is 36.7. The molecule has 258 valence electrons. The Morgan fingerprint density at radius 3 is 2.46 bits per heavy atom. The number of hydrogen-bond acceptors (Lipinski definition) is 6. The number of nitrogens with one attached hydrogen (secondary N) is 2. The molecule has 3 aromatic rings. The molecule has 2 unspecified atom stereocenters. The lowest BCUT2D eigenvalue weighted by atomic mass is 9.70. The van der Waals surface area contributed by atoms with Crippen LogP contribution in [0.15, 0.2) is 36.4 Å². The van der Waals surface area contributed by atoms with Gasteiger partial charge in [0.1, 0.15) is 5.75 Å². The van der Waals surface area contributed by atoms with Crippen molar-refractivity contribution in [2.45, 2.75) is 108 Å². The zero-order chi connectivity index (χ0) is 34.0. The van der Waals surface area contributed by atoms with Gasteiger partial charge in [-0.2, -0.15) is 12.7 Å². The van der Waals surface area contributed by atoms with Crippen molar-refractivity contribution in [1.29, 1.82) is 0 Å². The molecule has 4 aliphatic carbocycles. The number of aliphatic hydroxyl groups excluding tert-OH is 1. The SMILES string of the molecule is COc1ccc2c(c1)[C@H]1C[C@@]1(N[C@@H]1C3CCC(C)([C@@H]1O)C3(C)C)Cn1c-2c(C2CCCCC2)c2ccc(C(=O)NS(=O)(=O)N(C)C)cc21. The molecular weight excluding hydrogens is 625 g/mol. The van der Waals surface area contributed by atoms with E-state index in [1.165, 1.54) is 55.7 Å². The molecule has 0 spiro atoms. The Hall–Kier alpha value is -2.92. The van der Waals surface area contributed by atoms with E-state index in [0.29, 0.717) is 23.9 Å². The molecule has 4 saturated carbocycles. The molecule has 48 heavy (non-hydrogen) atoms. The first-order chi connectivity index (χ1) is 22.7. The quantitative estimate of drug-likeness (QED) is 0.287. The number of amides is 1. The van der Waals surface area contributed by atoms with Crippen LogP contribution in [0, 0.1) is 16.7 Å². The first-order valence-corrected chi connectivity index (χ1v) is 19.2. The van der Waals surface area contributed by atoms with Crippen molar-refractivity contribution in [2.24, 2.45) is 16.7 Å². The molecule has 10 heteroatoms. The Labute approximate surface area is 284 Å². The Kier molecular flexibility index (Phi) is 7.26. The van der Waals surface area contributed by atoms with Crippen LogP contribution in [-0.4, -0.2) is 67.2 Å². The normalized spacial score (nSPS) is 32.1. The number of fused-ring (bicyclic) bond motifs is 9. The minimum Gasteiger partial charge on any atom is -0.497 e. The second-order valence-electron chi connectivity index (χ2n) is 16.4. The average Bonchev–Trinajstić information content (AvgIpc) is 3.58. The fraction of sp³-hybridized carbons (Fsp3) is 0.605. The van der Waals surface area contributed by atoms with Crippen LogP contribution in [0.5, 0.6) is 5.75 Å². The molecule has 9 nitrogen and oxygen atoms in total. The van der Waals surface area contributed by atoms with Gasteiger partial charge in [0.15, 0.2) is 0 Å². The Balaban J connectivity index is 1.31. The van der Waals surface area contributed by atoms with E-state index in [9.17, 15) is 18.3 Å². The van der Waals surface area contributed by atoms with Gasteiger partial charge in [-0.25, -0.2) is 4.72 Å². The van der Waals surface area contributed by atoms with Crippen molar-refractivity contribution in [3.05, 3.63) is 53.1 Å². The molecule has 1 aliphatic heterocycles. The second kappa shape index (κ2) is 10.8. The Morgan fingerprint density at radius 2 is 1.79 bits per heavy atom. The lowest BCUT2D eigenvalue weighted by molar-refractivity contribution is -0.00301. The highest BCUT2D eigenvalue weighted by Gasteiger charge is 2.69. The van der Waals surface area contributed by atoms with E-state index >= 15 is 0 Å². The Bertz CT molecular complexity index is 1930. The Morgan fingerprint density at radius 1 is 1.04 bits per heavy atom. The number of methoxy groups -OCH3 is 1. The van der Waals surface area contributed by atoms with Crippen LogP contribution in [0.1, 0.15) is 105 Å². The van der Waals surface area contributed by atoms with Crippen molar-refractivity contribution in [2.75, 3.05) is 21.2 Å². The van der Waals surface area contributed by atoms with Crippen molar-refractivity contribution < 1.29 is 23.1 Å². The molecule has 2 bridgehead atoms. The van der Waals surface area contributed by atoms with Crippen molar-refractivity contribution in [1.82, 2.24) is 18.9 Å². The highest BCUT2D eigenvalue weighted by Crippen LogP contribution is 2.67. The number of aliphatic hydroxyl groups is 1. The largest absolute Gasteiger partial charge is 0.497 e. The maximum atomic E-state index is 13.4. The van der Waals surface area contributed by atoms with Gasteiger partial charge in [-0.3, -0.25) is 4.79 Å². The van der Waals surface area contributed by atoms with E-state index in [1.54, 1.807) is 13.2 Å². The molecule has 5 aliphatic rings. The number of ether oxygens (including phenoxy) is 1. The van der Waals surface area contributed by atoms with E-state index in [0.717, 1.165) is 53.1 Å². The van der Waals surface area contributed by atoms with Gasteiger partial charge in [-0.15, -0.1) is 0 Å². The van der Waals surface area contributed by atoms with Gasteiger partial charge in [-0.05, 0) is 90.8 Å². The predicted octanol–water partition coefficient (Wildman–Crippen LogP) is 5.92. The summed E-state index contributed by atoms with van der Waals surface area (Å²) in [4.78, 5) is 13.4. The highest BCUT2D eigenvalue weighted by molar-refractivity contribution is 7.87. The molecule has 1 amide bonds. The molecule has 8 rings (SSSR count). The van der Waals surface area contributed by atoms with Crippen LogP contribution < -0.4 is 14.8 Å². The average molecular weight is 675 g/mol. The third kappa shape index (κ3) is 4.51. The summed E-state index contributed by atoms with van der Waals surface area (Å²) >= 11 is 0. The standard InChI is InChI=1S/C38H50N4O5S/c1-36(2)28-16-17-37(36,3)34(43)32(28)39-38-20-29(38)27-19-24(47-6)13-15-25(27)33-31(22-10-8-7-9-11-22)26-14-12-23(18-30(26)42(33)21-38)35(44)40-48(45,46)41(4)5/h12-15,18-19,22,28-29,32,34,39,43H,7-11,16-17,20-21H2,1-6H3,(H,40,44)/t28?,29-,32-,34-,37?,38-/m1/s1. The summed E-state index contributed by atoms with van der Waals surface area (Å²) in [6.45, 7) is 7.64. The molecule has 2 aromatic carbocycles. The fourth-order valence-corrected chi connectivity index (χ4v) is 11.0. The van der Waals surface area contributed by atoms with Gasteiger partial charge < -0.3 is 19.7 Å². The lowest BCUT2D eigenvalue weighted by Gasteiger charge is -2.38. The van der Waals surface area contributed by atoms with Crippen molar-refractivity contribution >= 4 is 27.0 Å². The molecular formula is C38H50N4O5S. The maximum absolute atomic E-state index is 13.4. The fourth-order valence-electron chi connectivity index (χ4n) is 10.4. The van der Waals surface area contributed by atoms with Crippen LogP contribution in [-0.2, 0) is 16.8 Å². The zero-order valence-electron chi connectivity index (χ0n) is 29.1. The van der Waals surface area contributed by atoms with E-state index in [4.69, 9.17) is 4.74 Å². The molecule has 6 atom stereocenters. The molecule has 3 N–H and O–H groups in total. The second-order valence-corrected chi connectivity index (χ2v) is 18.3. The summed E-state index contributed by atoms with van der Waals surface area (Å²) in [6, 6.07) is 12.2. The summed E-state index contributed by atoms with van der Waals surface area (Å²) in [7, 11) is 0.581. The van der Waals surface area contributed by atoms with Crippen LogP contribution >= 0.6 is 0 Å². The predicted molar refractivity (Wildman–Crippen MR) is 187 cm³/mol. The van der Waals surface area contributed by atoms with E-state index in [1.807, 2.05) is 12.1 Å². The van der Waals surface area contributed by atoms with Gasteiger partial charge in [-0.1, -0.05) is 46.1 Å². The lowest BCUT2D eigenvalue weighted by Crippen LogP contribution is -2.53. The summed E-state index contributed by atoms with van der Waals surface area (Å²) in [5.41, 5.74) is 5.93. The third-order valence-electron chi connectivity index (χ3n) is 13.7.